The summed E-state index contributed by atoms with van der Waals surface area (Å²) in [5.74, 6) is 0. The van der Waals surface area contributed by atoms with Gasteiger partial charge in [-0.05, 0) is 6.42 Å². The largest absolute Gasteiger partial charge is 0.505 e. The van der Waals surface area contributed by atoms with E-state index in [9.17, 15) is 4.79 Å². The van der Waals surface area contributed by atoms with E-state index < -0.39 is 6.16 Å². The van der Waals surface area contributed by atoms with Gasteiger partial charge < -0.3 is 9.84 Å². The van der Waals surface area contributed by atoms with Crippen molar-refractivity contribution >= 4 is 38.9 Å². The lowest BCUT2D eigenvalue weighted by Crippen LogP contribution is -2.04. The van der Waals surface area contributed by atoms with Gasteiger partial charge in [0.15, 0.2) is 0 Å². The van der Waals surface area contributed by atoms with Crippen molar-refractivity contribution < 1.29 is 14.6 Å². The predicted octanol–water partition coefficient (Wildman–Crippen LogP) is 2.34. The molecule has 0 heterocycles. The average molecular weight is 229 g/mol. The minimum absolute atomic E-state index is 0.259. The molecule has 0 bridgehead atoms. The summed E-state index contributed by atoms with van der Waals surface area (Å²) < 4.78 is 4.02. The van der Waals surface area contributed by atoms with Crippen LogP contribution >= 0.6 is 23.2 Å². The maximum atomic E-state index is 9.88. The molecule has 0 spiro atoms. The minimum atomic E-state index is -1.22. The van der Waals surface area contributed by atoms with Crippen molar-refractivity contribution in [3.8, 4) is 0 Å². The molecule has 0 amide bonds. The first-order valence-corrected chi connectivity index (χ1v) is 5.66. The van der Waals surface area contributed by atoms with Gasteiger partial charge >= 0.3 is 6.16 Å². The lowest BCUT2D eigenvalue weighted by Gasteiger charge is -2.00. The van der Waals surface area contributed by atoms with E-state index in [1.165, 1.54) is 0 Å². The first kappa shape index (κ1) is 12.1. The zero-order valence-electron chi connectivity index (χ0n) is 6.43. The number of ether oxygens (including phenoxy) is 1. The summed E-state index contributed by atoms with van der Waals surface area (Å²) in [4.78, 5) is 9.88. The highest BCUT2D eigenvalue weighted by Gasteiger charge is 2.00. The van der Waals surface area contributed by atoms with Crippen LogP contribution in [0.5, 0.6) is 0 Å². The third-order valence-corrected chi connectivity index (χ3v) is 2.97. The molecule has 0 aromatic carbocycles. The van der Waals surface area contributed by atoms with Gasteiger partial charge in [-0.2, -0.15) is 0 Å². The summed E-state index contributed by atoms with van der Waals surface area (Å²) in [7, 11) is 0.522. The summed E-state index contributed by atoms with van der Waals surface area (Å²) in [5, 5.41) is 8.10. The molecular weight excluding hydrogens is 219 g/mol. The van der Waals surface area contributed by atoms with Gasteiger partial charge in [0.1, 0.15) is 0 Å². The molecule has 2 radical (unpaired) electrons. The van der Waals surface area contributed by atoms with E-state index in [-0.39, 0.29) is 11.1 Å². The second kappa shape index (κ2) is 7.70. The Morgan fingerprint density at radius 1 is 1.50 bits per heavy atom. The van der Waals surface area contributed by atoms with Gasteiger partial charge in [0.2, 0.25) is 0 Å². The second-order valence-electron chi connectivity index (χ2n) is 2.08. The van der Waals surface area contributed by atoms with Gasteiger partial charge in [0.25, 0.3) is 0 Å². The van der Waals surface area contributed by atoms with E-state index in [1.54, 1.807) is 0 Å². The van der Waals surface area contributed by atoms with Crippen molar-refractivity contribution in [3.05, 3.63) is 0 Å². The Labute approximate surface area is 83.8 Å². The number of carbonyl (C=O) groups is 1. The van der Waals surface area contributed by atoms with Crippen LogP contribution in [0.25, 0.3) is 0 Å². The molecule has 12 heavy (non-hydrogen) atoms. The van der Waals surface area contributed by atoms with E-state index in [0.29, 0.717) is 9.52 Å². The number of hydrogen-bond donors (Lipinski definition) is 1. The third kappa shape index (κ3) is 10.1. The van der Waals surface area contributed by atoms with E-state index in [2.05, 4.69) is 4.74 Å². The zero-order chi connectivity index (χ0) is 9.40. The summed E-state index contributed by atoms with van der Waals surface area (Å²) in [5.41, 5.74) is 0. The Kier molecular flexibility index (Phi) is 7.75. The monoisotopic (exact) mass is 228 g/mol. The normalized spacial score (nSPS) is 10.2. The molecule has 0 saturated heterocycles. The Bertz CT molecular complexity index is 132. The molecular formula is C6H10Cl2O3Si. The number of unbranched alkanes of at least 4 members (excludes halogenated alkanes) is 1. The van der Waals surface area contributed by atoms with Crippen LogP contribution in [-0.4, -0.2) is 31.8 Å². The number of halogens is 2. The number of carboxylic acid groups (broad SMARTS) is 1. The van der Waals surface area contributed by atoms with Crippen LogP contribution in [0.1, 0.15) is 12.8 Å². The van der Waals surface area contributed by atoms with Gasteiger partial charge in [0, 0.05) is 0 Å². The summed E-state index contributed by atoms with van der Waals surface area (Å²) in [6.07, 6.45) is 0.423. The van der Waals surface area contributed by atoms with Crippen molar-refractivity contribution in [3.63, 3.8) is 0 Å². The van der Waals surface area contributed by atoms with E-state index in [4.69, 9.17) is 28.3 Å². The Balaban J connectivity index is 2.96. The van der Waals surface area contributed by atoms with E-state index in [0.717, 1.165) is 18.9 Å². The molecule has 0 aromatic heterocycles. The van der Waals surface area contributed by atoms with Gasteiger partial charge in [-0.3, -0.25) is 0 Å². The van der Waals surface area contributed by atoms with Crippen molar-refractivity contribution in [1.82, 2.24) is 0 Å². The fraction of sp³-hybridized carbons (Fsp3) is 0.833. The molecule has 0 fully saturated rings. The first-order chi connectivity index (χ1) is 5.63. The van der Waals surface area contributed by atoms with Crippen molar-refractivity contribution in [2.45, 2.75) is 23.3 Å². The molecule has 0 unspecified atom stereocenters. The molecule has 0 atom stereocenters. The van der Waals surface area contributed by atoms with Crippen molar-refractivity contribution in [1.29, 1.82) is 0 Å². The van der Waals surface area contributed by atoms with Crippen LogP contribution in [0.15, 0.2) is 0 Å². The molecule has 0 aliphatic rings. The molecule has 0 aliphatic heterocycles. The van der Waals surface area contributed by atoms with Crippen LogP contribution in [-0.2, 0) is 4.74 Å². The van der Waals surface area contributed by atoms with Gasteiger partial charge in [0.05, 0.1) is 20.6 Å². The molecule has 1 N–H and O–H groups in total. The Morgan fingerprint density at radius 3 is 2.67 bits per heavy atom. The topological polar surface area (TPSA) is 46.5 Å². The molecule has 0 rings (SSSR count). The molecule has 70 valence electrons. The lowest BCUT2D eigenvalue weighted by molar-refractivity contribution is 0.0905. The van der Waals surface area contributed by atoms with E-state index >= 15 is 0 Å². The fourth-order valence-electron chi connectivity index (χ4n) is 0.598. The number of alkyl halides is 2. The SMILES string of the molecule is O=C(O)OCCCC[Si]C(Cl)Cl. The Hall–Kier alpha value is 0.0669. The van der Waals surface area contributed by atoms with Crippen molar-refractivity contribution in [2.24, 2.45) is 0 Å². The molecule has 0 saturated carbocycles. The standard InChI is InChI=1S/C6H10Cl2O3Si/c7-5(8)12-4-2-1-3-11-6(9)10/h5H,1-4H2,(H,9,10). The predicted molar refractivity (Wildman–Crippen MR) is 49.3 cm³/mol. The van der Waals surface area contributed by atoms with Crippen LogP contribution in [0.4, 0.5) is 4.79 Å². The highest BCUT2D eigenvalue weighted by Crippen LogP contribution is 2.04. The first-order valence-electron chi connectivity index (χ1n) is 3.50. The molecule has 3 nitrogen and oxygen atoms in total. The minimum Gasteiger partial charge on any atom is -0.450 e. The van der Waals surface area contributed by atoms with E-state index in [1.807, 2.05) is 0 Å². The number of rotatable bonds is 6. The fourth-order valence-corrected chi connectivity index (χ4v) is 1.92. The van der Waals surface area contributed by atoms with Crippen LogP contribution in [0.2, 0.25) is 6.04 Å². The van der Waals surface area contributed by atoms with Gasteiger partial charge in [-0.15, -0.1) is 23.2 Å². The van der Waals surface area contributed by atoms with Gasteiger partial charge in [-0.1, -0.05) is 12.5 Å². The quantitative estimate of drug-likeness (QED) is 0.329. The highest BCUT2D eigenvalue weighted by atomic mass is 35.5. The second-order valence-corrected chi connectivity index (χ2v) is 5.39. The average Bonchev–Trinajstić information content (AvgIpc) is 1.95. The summed E-state index contributed by atoms with van der Waals surface area (Å²) in [6, 6.07) is 0.931. The Morgan fingerprint density at radius 2 is 2.17 bits per heavy atom. The summed E-state index contributed by atoms with van der Waals surface area (Å²) in [6.45, 7) is 0.259. The molecule has 0 aliphatic carbocycles. The maximum absolute atomic E-state index is 9.88. The van der Waals surface area contributed by atoms with Crippen LogP contribution in [0, 0.1) is 0 Å². The number of hydrogen-bond acceptors (Lipinski definition) is 2. The smallest absolute Gasteiger partial charge is 0.450 e. The summed E-state index contributed by atoms with van der Waals surface area (Å²) >= 11 is 11.0. The zero-order valence-corrected chi connectivity index (χ0v) is 8.94. The van der Waals surface area contributed by atoms with Gasteiger partial charge in [-0.25, -0.2) is 4.79 Å². The third-order valence-electron chi connectivity index (χ3n) is 1.10. The molecule has 6 heteroatoms. The highest BCUT2D eigenvalue weighted by molar-refractivity contribution is 6.68. The van der Waals surface area contributed by atoms with Crippen LogP contribution < -0.4 is 0 Å². The van der Waals surface area contributed by atoms with Crippen LogP contribution in [0.3, 0.4) is 0 Å². The maximum Gasteiger partial charge on any atom is 0.505 e. The van der Waals surface area contributed by atoms with Crippen molar-refractivity contribution in [2.75, 3.05) is 6.61 Å². The lowest BCUT2D eigenvalue weighted by atomic mass is 10.4. The molecule has 0 aromatic rings.